The first kappa shape index (κ1) is 30.2. The third-order valence-corrected chi connectivity index (χ3v) is 4.71. The van der Waals surface area contributed by atoms with Gasteiger partial charge in [0.1, 0.15) is 17.3 Å². The van der Waals surface area contributed by atoms with E-state index in [0.29, 0.717) is 16.3 Å². The van der Waals surface area contributed by atoms with Crippen molar-refractivity contribution in [2.24, 2.45) is 0 Å². The van der Waals surface area contributed by atoms with Crippen LogP contribution in [0.2, 0.25) is 10.0 Å². The summed E-state index contributed by atoms with van der Waals surface area (Å²) in [7, 11) is 3.03. The minimum atomic E-state index is -4.36. The molecular weight excluding hydrogens is 511 g/mol. The van der Waals surface area contributed by atoms with Gasteiger partial charge in [0.05, 0.1) is 34.0 Å². The molecule has 0 atom stereocenters. The SMILES string of the molecule is CCO.CNc1cc(Cl)cnc1C(=O)c1ccc(F)cc1OC.Cc1ccc(Cl)c(C(F)(F)F)c1. The first-order valence-electron chi connectivity index (χ1n) is 10.0. The minimum Gasteiger partial charge on any atom is -0.496 e. The van der Waals surface area contributed by atoms with Gasteiger partial charge in [-0.1, -0.05) is 34.8 Å². The molecule has 3 aromatic rings. The van der Waals surface area contributed by atoms with E-state index in [-0.39, 0.29) is 34.4 Å². The van der Waals surface area contributed by atoms with Gasteiger partial charge in [-0.15, -0.1) is 0 Å². The summed E-state index contributed by atoms with van der Waals surface area (Å²) in [5, 5.41) is 10.6. The molecule has 3 rings (SSSR count). The zero-order valence-corrected chi connectivity index (χ0v) is 20.8. The molecule has 5 nitrogen and oxygen atoms in total. The fourth-order valence-corrected chi connectivity index (χ4v) is 3.03. The van der Waals surface area contributed by atoms with Crippen LogP contribution in [0.3, 0.4) is 0 Å². The topological polar surface area (TPSA) is 71.5 Å². The Morgan fingerprint density at radius 1 is 1.14 bits per heavy atom. The quantitative estimate of drug-likeness (QED) is 0.284. The molecule has 0 spiro atoms. The maximum Gasteiger partial charge on any atom is 0.417 e. The number of aliphatic hydroxyl groups excluding tert-OH is 1. The van der Waals surface area contributed by atoms with Crippen molar-refractivity contribution in [3.63, 3.8) is 0 Å². The molecule has 0 saturated carbocycles. The van der Waals surface area contributed by atoms with Crippen LogP contribution >= 0.6 is 23.2 Å². The van der Waals surface area contributed by atoms with E-state index in [9.17, 15) is 22.4 Å². The number of carbonyl (C=O) groups excluding carboxylic acids is 1. The molecule has 1 heterocycles. The van der Waals surface area contributed by atoms with Crippen molar-refractivity contribution in [3.8, 4) is 5.75 Å². The van der Waals surface area contributed by atoms with Crippen molar-refractivity contribution >= 4 is 34.7 Å². The molecule has 0 bridgehead atoms. The summed E-state index contributed by atoms with van der Waals surface area (Å²) in [5.74, 6) is -0.687. The number of alkyl halides is 3. The zero-order valence-electron chi connectivity index (χ0n) is 19.3. The second-order valence-electron chi connectivity index (χ2n) is 6.77. The summed E-state index contributed by atoms with van der Waals surface area (Å²) in [6.07, 6.45) is -2.98. The zero-order chi connectivity index (χ0) is 26.8. The molecule has 1 aromatic heterocycles. The first-order chi connectivity index (χ1) is 16.4. The molecule has 0 fully saturated rings. The largest absolute Gasteiger partial charge is 0.496 e. The highest BCUT2D eigenvalue weighted by molar-refractivity contribution is 6.31. The number of nitrogens with zero attached hydrogens (tertiary/aromatic N) is 1. The third-order valence-electron chi connectivity index (χ3n) is 4.17. The number of anilines is 1. The van der Waals surface area contributed by atoms with Gasteiger partial charge >= 0.3 is 6.18 Å². The van der Waals surface area contributed by atoms with E-state index in [1.807, 2.05) is 0 Å². The van der Waals surface area contributed by atoms with Gasteiger partial charge < -0.3 is 15.2 Å². The summed E-state index contributed by atoms with van der Waals surface area (Å²) in [6, 6.07) is 9.14. The summed E-state index contributed by atoms with van der Waals surface area (Å²) in [6.45, 7) is 3.52. The van der Waals surface area contributed by atoms with Crippen LogP contribution in [0.15, 0.2) is 48.7 Å². The van der Waals surface area contributed by atoms with E-state index < -0.39 is 17.6 Å². The number of carbonyl (C=O) groups is 1. The van der Waals surface area contributed by atoms with E-state index in [1.165, 1.54) is 37.6 Å². The Morgan fingerprint density at radius 2 is 1.77 bits per heavy atom. The molecule has 2 N–H and O–H groups in total. The fraction of sp³-hybridized carbons (Fsp3) is 0.250. The third kappa shape index (κ3) is 9.01. The predicted octanol–water partition coefficient (Wildman–Crippen LogP) is 6.82. The van der Waals surface area contributed by atoms with Gasteiger partial charge in [-0.3, -0.25) is 4.79 Å². The summed E-state index contributed by atoms with van der Waals surface area (Å²) in [5.41, 5.74) is 0.701. The molecule has 0 aliphatic heterocycles. The standard InChI is InChI=1S/C14H12ClFN2O2.C8H6ClF3.C2H6O/c1-17-11-5-8(15)7-18-13(11)14(19)10-4-3-9(16)6-12(10)20-2;1-5-2-3-7(9)6(4-5)8(10,11)12;1-2-3/h3-7,17H,1-2H3;2-4H,1H3;3H,2H2,1H3. The van der Waals surface area contributed by atoms with Gasteiger partial charge in [-0.25, -0.2) is 9.37 Å². The Balaban J connectivity index is 0.000000347. The Labute approximate surface area is 210 Å². The fourth-order valence-electron chi connectivity index (χ4n) is 2.65. The van der Waals surface area contributed by atoms with Crippen LogP contribution in [-0.2, 0) is 6.18 Å². The Morgan fingerprint density at radius 3 is 2.29 bits per heavy atom. The second-order valence-corrected chi connectivity index (χ2v) is 7.61. The van der Waals surface area contributed by atoms with Crippen molar-refractivity contribution in [1.29, 1.82) is 0 Å². The molecular formula is C24H24Cl2F4N2O3. The lowest BCUT2D eigenvalue weighted by Gasteiger charge is -2.10. The highest BCUT2D eigenvalue weighted by Gasteiger charge is 2.32. The molecule has 0 radical (unpaired) electrons. The summed E-state index contributed by atoms with van der Waals surface area (Å²) in [4.78, 5) is 16.5. The van der Waals surface area contributed by atoms with Crippen molar-refractivity contribution in [2.45, 2.75) is 20.0 Å². The van der Waals surface area contributed by atoms with Crippen molar-refractivity contribution < 1.29 is 32.2 Å². The van der Waals surface area contributed by atoms with E-state index in [2.05, 4.69) is 10.3 Å². The Bertz CT molecular complexity index is 1090. The van der Waals surface area contributed by atoms with E-state index in [1.54, 1.807) is 27.0 Å². The van der Waals surface area contributed by atoms with Crippen LogP contribution in [-0.4, -0.2) is 36.6 Å². The maximum absolute atomic E-state index is 13.2. The number of rotatable bonds is 4. The van der Waals surface area contributed by atoms with Crippen molar-refractivity contribution in [3.05, 3.63) is 86.9 Å². The van der Waals surface area contributed by atoms with Gasteiger partial charge in [0.25, 0.3) is 0 Å². The number of hydrogen-bond donors (Lipinski definition) is 2. The molecule has 0 aliphatic carbocycles. The number of pyridine rings is 1. The lowest BCUT2D eigenvalue weighted by atomic mass is 10.1. The van der Waals surface area contributed by atoms with E-state index in [4.69, 9.17) is 33.0 Å². The van der Waals surface area contributed by atoms with Crippen LogP contribution < -0.4 is 10.1 Å². The molecule has 2 aromatic carbocycles. The van der Waals surface area contributed by atoms with Gasteiger partial charge in [-0.2, -0.15) is 13.2 Å². The van der Waals surface area contributed by atoms with Crippen LogP contribution in [0.1, 0.15) is 34.1 Å². The molecule has 35 heavy (non-hydrogen) atoms. The number of aromatic nitrogens is 1. The molecule has 0 unspecified atom stereocenters. The summed E-state index contributed by atoms with van der Waals surface area (Å²) >= 11 is 11.2. The van der Waals surface area contributed by atoms with E-state index >= 15 is 0 Å². The smallest absolute Gasteiger partial charge is 0.417 e. The molecule has 0 amide bonds. The average Bonchev–Trinajstić information content (AvgIpc) is 2.80. The number of aryl methyl sites for hydroxylation is 1. The number of benzene rings is 2. The Kier molecular flexibility index (Phi) is 11.9. The maximum atomic E-state index is 13.2. The van der Waals surface area contributed by atoms with Crippen LogP contribution in [0, 0.1) is 12.7 Å². The van der Waals surface area contributed by atoms with E-state index in [0.717, 1.165) is 12.1 Å². The lowest BCUT2D eigenvalue weighted by molar-refractivity contribution is -0.137. The normalized spacial score (nSPS) is 10.4. The number of ketones is 1. The van der Waals surface area contributed by atoms with Gasteiger partial charge in [0, 0.05) is 25.9 Å². The number of methoxy groups -OCH3 is 1. The molecule has 190 valence electrons. The lowest BCUT2D eigenvalue weighted by Crippen LogP contribution is -2.09. The van der Waals surface area contributed by atoms with Gasteiger partial charge in [-0.05, 0) is 44.2 Å². The number of nitrogens with one attached hydrogen (secondary N) is 1. The molecule has 0 saturated heterocycles. The van der Waals surface area contributed by atoms with Crippen LogP contribution in [0.25, 0.3) is 0 Å². The first-order valence-corrected chi connectivity index (χ1v) is 10.8. The minimum absolute atomic E-state index is 0.161. The van der Waals surface area contributed by atoms with Crippen LogP contribution in [0.4, 0.5) is 23.2 Å². The monoisotopic (exact) mass is 534 g/mol. The van der Waals surface area contributed by atoms with Crippen LogP contribution in [0.5, 0.6) is 5.75 Å². The predicted molar refractivity (Wildman–Crippen MR) is 129 cm³/mol. The Hall–Kier alpha value is -2.88. The second kappa shape index (κ2) is 13.9. The molecule has 11 heteroatoms. The number of halogens is 6. The summed E-state index contributed by atoms with van der Waals surface area (Å²) < 4.78 is 54.6. The average molecular weight is 535 g/mol. The number of ether oxygens (including phenoxy) is 1. The molecule has 0 aliphatic rings. The van der Waals surface area contributed by atoms with Gasteiger partial charge in [0.15, 0.2) is 0 Å². The highest BCUT2D eigenvalue weighted by Crippen LogP contribution is 2.34. The van der Waals surface area contributed by atoms with Crippen molar-refractivity contribution in [2.75, 3.05) is 26.1 Å². The number of aliphatic hydroxyl groups is 1. The number of hydrogen-bond acceptors (Lipinski definition) is 5. The highest BCUT2D eigenvalue weighted by atomic mass is 35.5. The van der Waals surface area contributed by atoms with Crippen molar-refractivity contribution in [1.82, 2.24) is 4.98 Å². The van der Waals surface area contributed by atoms with Gasteiger partial charge in [0.2, 0.25) is 5.78 Å².